The lowest BCUT2D eigenvalue weighted by molar-refractivity contribution is 0.0526. The lowest BCUT2D eigenvalue weighted by Gasteiger charge is -2.32. The lowest BCUT2D eigenvalue weighted by atomic mass is 10.1. The van der Waals surface area contributed by atoms with Gasteiger partial charge in [0, 0.05) is 24.5 Å². The highest BCUT2D eigenvalue weighted by molar-refractivity contribution is 5.94. The van der Waals surface area contributed by atoms with Crippen LogP contribution in [0.15, 0.2) is 36.7 Å². The molecule has 0 unspecified atom stereocenters. The molecule has 2 aromatic rings. The van der Waals surface area contributed by atoms with Crippen molar-refractivity contribution in [2.45, 2.75) is 18.9 Å². The molecule has 0 aliphatic carbocycles. The summed E-state index contributed by atoms with van der Waals surface area (Å²) in [5, 5.41) is 18.0. The van der Waals surface area contributed by atoms with E-state index >= 15 is 0 Å². The van der Waals surface area contributed by atoms with Gasteiger partial charge in [-0.15, -0.1) is 0 Å². The molecule has 1 aromatic heterocycles. The molecule has 1 aliphatic rings. The molecule has 7 nitrogen and oxygen atoms in total. The van der Waals surface area contributed by atoms with Gasteiger partial charge in [0.2, 0.25) is 5.69 Å². The molecule has 0 radical (unpaired) electrons. The lowest BCUT2D eigenvalue weighted by Crippen LogP contribution is -2.44. The molecular formula is C18H15N5O2. The summed E-state index contributed by atoms with van der Waals surface area (Å²) in [7, 11) is 0. The summed E-state index contributed by atoms with van der Waals surface area (Å²) in [5.74, 6) is 0.0563. The van der Waals surface area contributed by atoms with Gasteiger partial charge in [0.1, 0.15) is 12.2 Å². The zero-order valence-electron chi connectivity index (χ0n) is 13.4. The molecule has 0 bridgehead atoms. The van der Waals surface area contributed by atoms with Gasteiger partial charge in [0.25, 0.3) is 11.8 Å². The number of hydrogen-bond donors (Lipinski definition) is 0. The Morgan fingerprint density at radius 1 is 1.24 bits per heavy atom. The summed E-state index contributed by atoms with van der Waals surface area (Å²) in [6.07, 6.45) is 4.21. The maximum absolute atomic E-state index is 12.7. The number of hydrogen-bond acceptors (Lipinski definition) is 6. The van der Waals surface area contributed by atoms with E-state index in [0.717, 1.165) is 12.8 Å². The van der Waals surface area contributed by atoms with E-state index in [1.54, 1.807) is 29.2 Å². The van der Waals surface area contributed by atoms with E-state index in [0.29, 0.717) is 24.2 Å². The van der Waals surface area contributed by atoms with Gasteiger partial charge >= 0.3 is 0 Å². The zero-order chi connectivity index (χ0) is 17.6. The molecule has 1 aliphatic heterocycles. The number of amides is 1. The molecule has 3 rings (SSSR count). The quantitative estimate of drug-likeness (QED) is 0.850. The van der Waals surface area contributed by atoms with E-state index in [-0.39, 0.29) is 23.6 Å². The molecular weight excluding hydrogens is 318 g/mol. The Hall–Kier alpha value is -3.45. The topological polar surface area (TPSA) is 103 Å². The summed E-state index contributed by atoms with van der Waals surface area (Å²) in [4.78, 5) is 22.3. The standard InChI is InChI=1S/C18H15N5O2/c19-10-13-3-1-4-14(9-13)18(24)23-8-2-5-15(12-23)25-17-16(11-20)21-6-7-22-17/h1,3-4,6-7,9,15H,2,5,8,12H2/t15-/m1/s1. The van der Waals surface area contributed by atoms with Crippen molar-refractivity contribution in [3.8, 4) is 18.0 Å². The van der Waals surface area contributed by atoms with Gasteiger partial charge in [0.05, 0.1) is 18.2 Å². The Morgan fingerprint density at radius 3 is 2.88 bits per heavy atom. The van der Waals surface area contributed by atoms with Crippen molar-refractivity contribution in [2.75, 3.05) is 13.1 Å². The molecule has 25 heavy (non-hydrogen) atoms. The van der Waals surface area contributed by atoms with E-state index in [2.05, 4.69) is 9.97 Å². The molecule has 0 saturated carbocycles. The number of ether oxygens (including phenoxy) is 1. The minimum Gasteiger partial charge on any atom is -0.470 e. The number of nitrogens with zero attached hydrogens (tertiary/aromatic N) is 5. The fourth-order valence-electron chi connectivity index (χ4n) is 2.77. The molecule has 124 valence electrons. The summed E-state index contributed by atoms with van der Waals surface area (Å²) < 4.78 is 5.80. The second kappa shape index (κ2) is 7.41. The van der Waals surface area contributed by atoms with Gasteiger partial charge < -0.3 is 9.64 Å². The van der Waals surface area contributed by atoms with Gasteiger partial charge in [-0.3, -0.25) is 4.79 Å². The third-order valence-electron chi connectivity index (χ3n) is 3.95. The largest absolute Gasteiger partial charge is 0.470 e. The maximum Gasteiger partial charge on any atom is 0.254 e. The molecule has 1 amide bonds. The highest BCUT2D eigenvalue weighted by Crippen LogP contribution is 2.20. The molecule has 0 spiro atoms. The molecule has 2 heterocycles. The highest BCUT2D eigenvalue weighted by Gasteiger charge is 2.26. The van der Waals surface area contributed by atoms with E-state index in [9.17, 15) is 4.79 Å². The Morgan fingerprint density at radius 2 is 2.08 bits per heavy atom. The van der Waals surface area contributed by atoms with Crippen molar-refractivity contribution >= 4 is 5.91 Å². The SMILES string of the molecule is N#Cc1cccc(C(=O)N2CCC[C@@H](Oc3nccnc3C#N)C2)c1. The normalized spacial score (nSPS) is 16.6. The molecule has 1 aromatic carbocycles. The third kappa shape index (κ3) is 3.73. The fraction of sp³-hybridized carbons (Fsp3) is 0.278. The van der Waals surface area contributed by atoms with Gasteiger partial charge in [-0.25, -0.2) is 9.97 Å². The van der Waals surface area contributed by atoms with Crippen molar-refractivity contribution in [2.24, 2.45) is 0 Å². The Bertz CT molecular complexity index is 868. The van der Waals surface area contributed by atoms with E-state index < -0.39 is 0 Å². The van der Waals surface area contributed by atoms with Crippen LogP contribution in [0.5, 0.6) is 5.88 Å². The van der Waals surface area contributed by atoms with Crippen LogP contribution in [0.2, 0.25) is 0 Å². The number of carbonyl (C=O) groups is 1. The number of benzene rings is 1. The van der Waals surface area contributed by atoms with Crippen LogP contribution in [0.4, 0.5) is 0 Å². The molecule has 1 fully saturated rings. The van der Waals surface area contributed by atoms with Crippen LogP contribution in [0, 0.1) is 22.7 Å². The zero-order valence-corrected chi connectivity index (χ0v) is 13.4. The average molecular weight is 333 g/mol. The van der Waals surface area contributed by atoms with Crippen LogP contribution in [0.25, 0.3) is 0 Å². The number of aromatic nitrogens is 2. The third-order valence-corrected chi connectivity index (χ3v) is 3.95. The summed E-state index contributed by atoms with van der Waals surface area (Å²) in [6.45, 7) is 1.03. The van der Waals surface area contributed by atoms with Crippen LogP contribution in [0.1, 0.15) is 34.5 Å². The first-order chi connectivity index (χ1) is 12.2. The molecule has 1 saturated heterocycles. The van der Waals surface area contributed by atoms with Gasteiger partial charge in [-0.2, -0.15) is 10.5 Å². The van der Waals surface area contributed by atoms with E-state index in [4.69, 9.17) is 15.3 Å². The number of piperidine rings is 1. The highest BCUT2D eigenvalue weighted by atomic mass is 16.5. The van der Waals surface area contributed by atoms with Crippen LogP contribution in [-0.4, -0.2) is 40.0 Å². The van der Waals surface area contributed by atoms with Gasteiger partial charge in [-0.1, -0.05) is 6.07 Å². The van der Waals surface area contributed by atoms with Crippen LogP contribution < -0.4 is 4.74 Å². The van der Waals surface area contributed by atoms with Crippen molar-refractivity contribution < 1.29 is 9.53 Å². The minimum absolute atomic E-state index is 0.132. The van der Waals surface area contributed by atoms with Crippen molar-refractivity contribution in [1.82, 2.24) is 14.9 Å². The first-order valence-corrected chi connectivity index (χ1v) is 7.88. The van der Waals surface area contributed by atoms with Crippen molar-refractivity contribution in [1.29, 1.82) is 10.5 Å². The van der Waals surface area contributed by atoms with Crippen LogP contribution in [-0.2, 0) is 0 Å². The number of rotatable bonds is 3. The van der Waals surface area contributed by atoms with E-state index in [1.165, 1.54) is 12.4 Å². The van der Waals surface area contributed by atoms with Crippen molar-refractivity contribution in [3.05, 3.63) is 53.5 Å². The van der Waals surface area contributed by atoms with Crippen LogP contribution >= 0.6 is 0 Å². The Kier molecular flexibility index (Phi) is 4.87. The van der Waals surface area contributed by atoms with Crippen molar-refractivity contribution in [3.63, 3.8) is 0 Å². The van der Waals surface area contributed by atoms with E-state index in [1.807, 2.05) is 12.1 Å². The molecule has 1 atom stereocenters. The monoisotopic (exact) mass is 333 g/mol. The number of nitriles is 2. The maximum atomic E-state index is 12.7. The first kappa shape index (κ1) is 16.4. The first-order valence-electron chi connectivity index (χ1n) is 7.88. The second-order valence-electron chi connectivity index (χ2n) is 5.65. The molecule has 7 heteroatoms. The van der Waals surface area contributed by atoms with Crippen LogP contribution in [0.3, 0.4) is 0 Å². The number of likely N-dealkylation sites (tertiary alicyclic amines) is 1. The minimum atomic E-state index is -0.249. The van der Waals surface area contributed by atoms with Gasteiger partial charge in [-0.05, 0) is 31.0 Å². The summed E-state index contributed by atoms with van der Waals surface area (Å²) in [6, 6.07) is 10.6. The predicted octanol–water partition coefficient (Wildman–Crippen LogP) is 1.90. The Balaban J connectivity index is 1.71. The molecule has 0 N–H and O–H groups in total. The summed E-state index contributed by atoms with van der Waals surface area (Å²) in [5.41, 5.74) is 1.07. The average Bonchev–Trinajstić information content (AvgIpc) is 2.68. The summed E-state index contributed by atoms with van der Waals surface area (Å²) >= 11 is 0. The number of carbonyl (C=O) groups excluding carboxylic acids is 1. The van der Waals surface area contributed by atoms with Gasteiger partial charge in [0.15, 0.2) is 0 Å². The predicted molar refractivity (Wildman–Crippen MR) is 87.5 cm³/mol. The second-order valence-corrected chi connectivity index (χ2v) is 5.65. The Labute approximate surface area is 145 Å². The smallest absolute Gasteiger partial charge is 0.254 e. The fourth-order valence-corrected chi connectivity index (χ4v) is 2.77.